The maximum Gasteiger partial charge on any atom is 0.323 e. The minimum Gasteiger partial charge on any atom is -0.355 e. The molecule has 2 aliphatic heterocycles. The molecule has 4 N–H and O–H groups in total. The van der Waals surface area contributed by atoms with Crippen molar-refractivity contribution in [2.45, 2.75) is 6.92 Å². The number of aromatic nitrogens is 4. The molecule has 198 valence electrons. The Balaban J connectivity index is 1.35. The number of carbonyl (C=O) groups is 1. The van der Waals surface area contributed by atoms with Crippen molar-refractivity contribution >= 4 is 63.8 Å². The predicted molar refractivity (Wildman–Crippen MR) is 168 cm³/mol. The van der Waals surface area contributed by atoms with Crippen LogP contribution in [0.2, 0.25) is 0 Å². The Morgan fingerprint density at radius 2 is 1.22 bits per heavy atom. The first kappa shape index (κ1) is 24.4. The van der Waals surface area contributed by atoms with E-state index in [0.29, 0.717) is 5.69 Å². The van der Waals surface area contributed by atoms with Crippen LogP contribution < -0.4 is 10.6 Å². The summed E-state index contributed by atoms with van der Waals surface area (Å²) in [5, 5.41) is 5.95. The standard InChI is InChI=1S/C34H26N6O/c1-21-6-8-22(9-7-21)39-34(41)40-32-5-3-2-4-30(32)31-19-29-18-27-13-12-25(36-27)16-23-10-11-24(35-23)17-26-14-15-28(37-26)20-33(31)38-29/h2-20,35,38H,1H3,(H2,39,40,41). The number of hydrogen-bond donors (Lipinski definition) is 4. The minimum absolute atomic E-state index is 0.311. The van der Waals surface area contributed by atoms with Gasteiger partial charge in [-0.25, -0.2) is 14.8 Å². The van der Waals surface area contributed by atoms with E-state index in [-0.39, 0.29) is 6.03 Å². The number of carbonyl (C=O) groups excluding carboxylic acids is 1. The first-order valence-electron chi connectivity index (χ1n) is 13.4. The molecular weight excluding hydrogens is 508 g/mol. The lowest BCUT2D eigenvalue weighted by atomic mass is 10.0. The zero-order chi connectivity index (χ0) is 27.8. The summed E-state index contributed by atoms with van der Waals surface area (Å²) in [4.78, 5) is 29.5. The second kappa shape index (κ2) is 10.1. The molecule has 2 aromatic carbocycles. The van der Waals surface area contributed by atoms with Crippen LogP contribution in [0.25, 0.3) is 57.5 Å². The second-order valence-corrected chi connectivity index (χ2v) is 10.1. The van der Waals surface area contributed by atoms with Gasteiger partial charge in [-0.1, -0.05) is 35.9 Å². The Kier molecular flexibility index (Phi) is 6.02. The zero-order valence-electron chi connectivity index (χ0n) is 22.3. The van der Waals surface area contributed by atoms with Gasteiger partial charge in [0, 0.05) is 38.9 Å². The Morgan fingerprint density at radius 1 is 0.610 bits per heavy atom. The zero-order valence-corrected chi connectivity index (χ0v) is 22.3. The molecule has 0 aliphatic carbocycles. The van der Waals surface area contributed by atoms with Crippen molar-refractivity contribution < 1.29 is 4.79 Å². The topological polar surface area (TPSA) is 98.5 Å². The lowest BCUT2D eigenvalue weighted by Crippen LogP contribution is -2.19. The normalized spacial score (nSPS) is 11.9. The summed E-state index contributed by atoms with van der Waals surface area (Å²) in [5.74, 6) is 0. The molecule has 0 radical (unpaired) electrons. The number of benzene rings is 2. The maximum absolute atomic E-state index is 12.9. The van der Waals surface area contributed by atoms with Crippen molar-refractivity contribution in [1.82, 2.24) is 19.9 Å². The third-order valence-electron chi connectivity index (χ3n) is 6.94. The fourth-order valence-corrected chi connectivity index (χ4v) is 4.99. The summed E-state index contributed by atoms with van der Waals surface area (Å²) >= 11 is 0. The van der Waals surface area contributed by atoms with Crippen molar-refractivity contribution in [3.63, 3.8) is 0 Å². The smallest absolute Gasteiger partial charge is 0.323 e. The van der Waals surface area contributed by atoms with Gasteiger partial charge in [-0.15, -0.1) is 0 Å². The molecule has 0 atom stereocenters. The summed E-state index contributed by atoms with van der Waals surface area (Å²) in [5.41, 5.74) is 11.5. The first-order chi connectivity index (χ1) is 20.0. The fraction of sp³-hybridized carbons (Fsp3) is 0.0294. The highest BCUT2D eigenvalue weighted by molar-refractivity contribution is 6.04. The Labute approximate surface area is 236 Å². The molecule has 0 fully saturated rings. The van der Waals surface area contributed by atoms with E-state index in [4.69, 9.17) is 9.97 Å². The first-order valence-corrected chi connectivity index (χ1v) is 13.4. The molecule has 0 unspecified atom stereocenters. The van der Waals surface area contributed by atoms with Gasteiger partial charge in [0.15, 0.2) is 0 Å². The number of nitrogens with zero attached hydrogens (tertiary/aromatic N) is 2. The molecule has 2 amide bonds. The molecule has 5 aromatic rings. The van der Waals surface area contributed by atoms with E-state index in [9.17, 15) is 4.79 Å². The molecule has 0 spiro atoms. The summed E-state index contributed by atoms with van der Waals surface area (Å²) < 4.78 is 0. The molecule has 5 heterocycles. The van der Waals surface area contributed by atoms with Crippen LogP contribution in [0.1, 0.15) is 28.3 Å². The Morgan fingerprint density at radius 3 is 1.90 bits per heavy atom. The van der Waals surface area contributed by atoms with Crippen LogP contribution in [-0.2, 0) is 0 Å². The van der Waals surface area contributed by atoms with Crippen LogP contribution >= 0.6 is 0 Å². The number of anilines is 2. The summed E-state index contributed by atoms with van der Waals surface area (Å²) in [7, 11) is 0. The molecule has 41 heavy (non-hydrogen) atoms. The van der Waals surface area contributed by atoms with Crippen molar-refractivity contribution in [3.8, 4) is 11.1 Å². The summed E-state index contributed by atoms with van der Waals surface area (Å²) in [6, 6.07) is 29.4. The van der Waals surface area contributed by atoms with Crippen molar-refractivity contribution in [2.75, 3.05) is 10.6 Å². The number of fused-ring (bicyclic) bond motifs is 8. The van der Waals surface area contributed by atoms with E-state index in [0.717, 1.165) is 67.2 Å². The van der Waals surface area contributed by atoms with Crippen molar-refractivity contribution in [1.29, 1.82) is 0 Å². The van der Waals surface area contributed by atoms with Gasteiger partial charge in [0.1, 0.15) is 0 Å². The molecule has 7 nitrogen and oxygen atoms in total. The van der Waals surface area contributed by atoms with Gasteiger partial charge >= 0.3 is 6.03 Å². The highest BCUT2D eigenvalue weighted by Crippen LogP contribution is 2.33. The van der Waals surface area contributed by atoms with Crippen molar-refractivity contribution in [3.05, 3.63) is 119 Å². The van der Waals surface area contributed by atoms with Crippen LogP contribution in [0.15, 0.2) is 91.0 Å². The second-order valence-electron chi connectivity index (χ2n) is 10.1. The van der Waals surface area contributed by atoms with Crippen LogP contribution in [0.5, 0.6) is 0 Å². The number of nitrogens with one attached hydrogen (secondary N) is 4. The SMILES string of the molecule is Cc1ccc(NC(=O)Nc2ccccc2-c2cc3cc4nc(cc5ccc(cc6nc(cc2[nH]3)C=C6)[nH]5)C=C4)cc1. The van der Waals surface area contributed by atoms with E-state index >= 15 is 0 Å². The monoisotopic (exact) mass is 534 g/mol. The van der Waals surface area contributed by atoms with Crippen molar-refractivity contribution in [2.24, 2.45) is 0 Å². The van der Waals surface area contributed by atoms with Gasteiger partial charge in [-0.05, 0) is 91.9 Å². The van der Waals surface area contributed by atoms with Gasteiger partial charge in [0.25, 0.3) is 0 Å². The number of hydrogen-bond acceptors (Lipinski definition) is 3. The maximum atomic E-state index is 12.9. The third-order valence-corrected chi connectivity index (χ3v) is 6.94. The largest absolute Gasteiger partial charge is 0.355 e. The predicted octanol–water partition coefficient (Wildman–Crippen LogP) is 8.28. The molecule has 0 saturated heterocycles. The third kappa shape index (κ3) is 5.29. The van der Waals surface area contributed by atoms with E-state index in [2.05, 4.69) is 26.7 Å². The number of amides is 2. The quantitative estimate of drug-likeness (QED) is 0.184. The Bertz CT molecular complexity index is 2030. The van der Waals surface area contributed by atoms with E-state index in [1.807, 2.05) is 116 Å². The lowest BCUT2D eigenvalue weighted by Gasteiger charge is -2.12. The highest BCUT2D eigenvalue weighted by Gasteiger charge is 2.13. The van der Waals surface area contributed by atoms with E-state index < -0.39 is 0 Å². The van der Waals surface area contributed by atoms with Gasteiger partial charge in [0.2, 0.25) is 0 Å². The van der Waals surface area contributed by atoms with Gasteiger partial charge < -0.3 is 20.6 Å². The molecule has 8 bridgehead atoms. The van der Waals surface area contributed by atoms with Crippen LogP contribution in [0, 0.1) is 6.92 Å². The molecule has 2 aliphatic rings. The molecule has 7 heteroatoms. The fourth-order valence-electron chi connectivity index (χ4n) is 4.99. The molecular formula is C34H26N6O. The van der Waals surface area contributed by atoms with Gasteiger partial charge in [0.05, 0.1) is 28.5 Å². The number of H-pyrrole nitrogens is 2. The van der Waals surface area contributed by atoms with Gasteiger partial charge in [-0.2, -0.15) is 0 Å². The van der Waals surface area contributed by atoms with Crippen LogP contribution in [-0.4, -0.2) is 26.0 Å². The average Bonchev–Trinajstić information content (AvgIpc) is 3.76. The number of urea groups is 1. The van der Waals surface area contributed by atoms with E-state index in [1.54, 1.807) is 0 Å². The summed E-state index contributed by atoms with van der Waals surface area (Å²) in [6.45, 7) is 2.01. The molecule has 0 saturated carbocycles. The van der Waals surface area contributed by atoms with Gasteiger partial charge in [-0.3, -0.25) is 0 Å². The number of rotatable bonds is 3. The summed E-state index contributed by atoms with van der Waals surface area (Å²) in [6.07, 6.45) is 8.00. The number of aryl methyl sites for hydroxylation is 1. The molecule has 3 aromatic heterocycles. The number of aromatic amines is 2. The van der Waals surface area contributed by atoms with E-state index in [1.165, 1.54) is 0 Å². The van der Waals surface area contributed by atoms with Crippen LogP contribution in [0.3, 0.4) is 0 Å². The number of para-hydroxylation sites is 1. The Hall–Kier alpha value is -5.69. The van der Waals surface area contributed by atoms with Crippen LogP contribution in [0.4, 0.5) is 16.2 Å². The minimum atomic E-state index is -0.311. The lowest BCUT2D eigenvalue weighted by molar-refractivity contribution is 0.262. The average molecular weight is 535 g/mol. The molecule has 7 rings (SSSR count). The highest BCUT2D eigenvalue weighted by atomic mass is 16.2.